The molecule has 4 rings (SSSR count). The average molecular weight is 428 g/mol. The molecule has 0 spiro atoms. The number of hydrogen-bond acceptors (Lipinski definition) is 5. The first-order valence-corrected chi connectivity index (χ1v) is 10.6. The maximum atomic E-state index is 13.0. The summed E-state index contributed by atoms with van der Waals surface area (Å²) in [6, 6.07) is 24.0. The molecule has 1 aromatic heterocycles. The van der Waals surface area contributed by atoms with Gasteiger partial charge in [0.25, 0.3) is 0 Å². The summed E-state index contributed by atoms with van der Waals surface area (Å²) < 4.78 is 17.2. The average Bonchev–Trinajstić information content (AvgIpc) is 3.21. The van der Waals surface area contributed by atoms with E-state index in [0.29, 0.717) is 22.5 Å². The highest BCUT2D eigenvalue weighted by molar-refractivity contribution is 6.02. The van der Waals surface area contributed by atoms with Crippen LogP contribution in [0.1, 0.15) is 45.9 Å². The molecule has 162 valence electrons. The van der Waals surface area contributed by atoms with Crippen LogP contribution in [0.25, 0.3) is 11.0 Å². The van der Waals surface area contributed by atoms with Gasteiger partial charge < -0.3 is 13.9 Å². The third kappa shape index (κ3) is 4.57. The molecular weight excluding hydrogens is 404 g/mol. The first-order chi connectivity index (χ1) is 15.6. The van der Waals surface area contributed by atoms with E-state index in [1.54, 1.807) is 25.1 Å². The molecule has 0 bridgehead atoms. The van der Waals surface area contributed by atoms with Crippen LogP contribution in [0.4, 0.5) is 0 Å². The lowest BCUT2D eigenvalue weighted by Gasteiger charge is -2.13. The van der Waals surface area contributed by atoms with Gasteiger partial charge in [-0.2, -0.15) is 0 Å². The second kappa shape index (κ2) is 9.52. The minimum absolute atomic E-state index is 0.0445. The number of fused-ring (bicyclic) bond motifs is 1. The maximum absolute atomic E-state index is 13.0. The fourth-order valence-corrected chi connectivity index (χ4v) is 3.49. The molecule has 0 fully saturated rings. The first kappa shape index (κ1) is 21.4. The quantitative estimate of drug-likeness (QED) is 0.254. The van der Waals surface area contributed by atoms with Crippen molar-refractivity contribution < 1.29 is 23.5 Å². The predicted octanol–water partition coefficient (Wildman–Crippen LogP) is 6.00. The van der Waals surface area contributed by atoms with Crippen LogP contribution in [0, 0.1) is 0 Å². The van der Waals surface area contributed by atoms with Gasteiger partial charge in [0.2, 0.25) is 11.5 Å². The monoisotopic (exact) mass is 428 g/mol. The molecule has 0 aliphatic carbocycles. The van der Waals surface area contributed by atoms with Crippen LogP contribution in [0.5, 0.6) is 5.75 Å². The van der Waals surface area contributed by atoms with Crippen molar-refractivity contribution >= 4 is 22.7 Å². The second-order valence-corrected chi connectivity index (χ2v) is 7.47. The molecule has 0 N–H and O–H groups in total. The Morgan fingerprint density at radius 1 is 0.906 bits per heavy atom. The molecule has 0 saturated heterocycles. The van der Waals surface area contributed by atoms with Crippen LogP contribution in [0.3, 0.4) is 0 Å². The van der Waals surface area contributed by atoms with Crippen LogP contribution >= 0.6 is 0 Å². The van der Waals surface area contributed by atoms with Crippen LogP contribution in [-0.2, 0) is 17.8 Å². The smallest absolute Gasteiger partial charge is 0.375 e. The predicted molar refractivity (Wildman–Crippen MR) is 122 cm³/mol. The normalized spacial score (nSPS) is 11.8. The third-order valence-electron chi connectivity index (χ3n) is 5.31. The third-order valence-corrected chi connectivity index (χ3v) is 5.31. The number of carbonyl (C=O) groups excluding carboxylic acids is 2. The van der Waals surface area contributed by atoms with Gasteiger partial charge in [0.15, 0.2) is 6.10 Å². The van der Waals surface area contributed by atoms with Crippen molar-refractivity contribution in [1.82, 2.24) is 0 Å². The Balaban J connectivity index is 1.55. The molecule has 3 aromatic carbocycles. The molecule has 1 heterocycles. The second-order valence-electron chi connectivity index (χ2n) is 7.47. The lowest BCUT2D eigenvalue weighted by atomic mass is 10.0. The van der Waals surface area contributed by atoms with Crippen LogP contribution in [0.2, 0.25) is 0 Å². The van der Waals surface area contributed by atoms with Crippen molar-refractivity contribution in [2.75, 3.05) is 0 Å². The highest BCUT2D eigenvalue weighted by Gasteiger charge is 2.26. The molecule has 5 heteroatoms. The van der Waals surface area contributed by atoms with E-state index in [0.717, 1.165) is 17.4 Å². The maximum Gasteiger partial charge on any atom is 0.375 e. The number of benzene rings is 3. The van der Waals surface area contributed by atoms with Crippen LogP contribution in [0.15, 0.2) is 83.3 Å². The molecular formula is C27H24O5. The summed E-state index contributed by atoms with van der Waals surface area (Å²) in [7, 11) is 0. The van der Waals surface area contributed by atoms with E-state index in [1.807, 2.05) is 67.6 Å². The van der Waals surface area contributed by atoms with Gasteiger partial charge in [0.1, 0.15) is 17.9 Å². The summed E-state index contributed by atoms with van der Waals surface area (Å²) in [4.78, 5) is 25.7. The largest absolute Gasteiger partial charge is 0.489 e. The van der Waals surface area contributed by atoms with Crippen LogP contribution in [-0.4, -0.2) is 17.9 Å². The molecule has 32 heavy (non-hydrogen) atoms. The summed E-state index contributed by atoms with van der Waals surface area (Å²) in [6.45, 7) is 3.75. The minimum atomic E-state index is -0.953. The highest BCUT2D eigenvalue weighted by Crippen LogP contribution is 2.28. The lowest BCUT2D eigenvalue weighted by Crippen LogP contribution is -2.24. The van der Waals surface area contributed by atoms with Gasteiger partial charge >= 0.3 is 5.97 Å². The van der Waals surface area contributed by atoms with Gasteiger partial charge in [0.05, 0.1) is 5.56 Å². The van der Waals surface area contributed by atoms with Gasteiger partial charge in [-0.25, -0.2) is 4.79 Å². The van der Waals surface area contributed by atoms with Crippen molar-refractivity contribution in [2.45, 2.75) is 33.0 Å². The number of ether oxygens (including phenoxy) is 2. The molecule has 1 unspecified atom stereocenters. The molecule has 0 saturated carbocycles. The van der Waals surface area contributed by atoms with E-state index < -0.39 is 12.1 Å². The van der Waals surface area contributed by atoms with Gasteiger partial charge in [-0.3, -0.25) is 4.79 Å². The number of para-hydroxylation sites is 2. The van der Waals surface area contributed by atoms with E-state index in [4.69, 9.17) is 13.9 Å². The fraction of sp³-hybridized carbons (Fsp3) is 0.185. The van der Waals surface area contributed by atoms with Crippen molar-refractivity contribution in [3.63, 3.8) is 0 Å². The number of carbonyl (C=O) groups is 2. The van der Waals surface area contributed by atoms with E-state index in [9.17, 15) is 9.59 Å². The van der Waals surface area contributed by atoms with Crippen molar-refractivity contribution in [1.29, 1.82) is 0 Å². The van der Waals surface area contributed by atoms with E-state index in [1.165, 1.54) is 0 Å². The van der Waals surface area contributed by atoms with Gasteiger partial charge in [-0.05, 0) is 37.1 Å². The zero-order valence-electron chi connectivity index (χ0n) is 18.0. The van der Waals surface area contributed by atoms with E-state index in [2.05, 4.69) is 0 Å². The Bertz CT molecular complexity index is 1220. The lowest BCUT2D eigenvalue weighted by molar-refractivity contribution is 0.0288. The zero-order chi connectivity index (χ0) is 22.5. The van der Waals surface area contributed by atoms with E-state index in [-0.39, 0.29) is 18.2 Å². The number of aryl methyl sites for hydroxylation is 1. The van der Waals surface area contributed by atoms with Crippen molar-refractivity contribution in [3.05, 3.63) is 101 Å². The molecule has 4 aromatic rings. The SMILES string of the molecule is CCc1ccc(C(=O)C(C)OC(=O)c2oc3ccccc3c2COc2ccccc2)cc1. The summed E-state index contributed by atoms with van der Waals surface area (Å²) in [5.74, 6) is -0.239. The number of Topliss-reactive ketones (excluding diaryl/α,β-unsaturated/α-hetero) is 1. The fourth-order valence-electron chi connectivity index (χ4n) is 3.49. The summed E-state index contributed by atoms with van der Waals surface area (Å²) >= 11 is 0. The first-order valence-electron chi connectivity index (χ1n) is 10.6. The number of esters is 1. The van der Waals surface area contributed by atoms with Gasteiger partial charge in [-0.15, -0.1) is 0 Å². The Labute approximate surface area is 186 Å². The van der Waals surface area contributed by atoms with Gasteiger partial charge in [0, 0.05) is 10.9 Å². The Kier molecular flexibility index (Phi) is 6.36. The molecule has 0 radical (unpaired) electrons. The van der Waals surface area contributed by atoms with Crippen molar-refractivity contribution in [3.8, 4) is 5.75 Å². The Morgan fingerprint density at radius 3 is 2.31 bits per heavy atom. The molecule has 0 aliphatic heterocycles. The molecule has 0 amide bonds. The molecule has 0 aliphatic rings. The van der Waals surface area contributed by atoms with Gasteiger partial charge in [-0.1, -0.05) is 67.6 Å². The number of ketones is 1. The Hall–Kier alpha value is -3.86. The summed E-state index contributed by atoms with van der Waals surface area (Å²) in [6.07, 6.45) is -0.0649. The van der Waals surface area contributed by atoms with E-state index >= 15 is 0 Å². The zero-order valence-corrected chi connectivity index (χ0v) is 18.0. The summed E-state index contributed by atoms with van der Waals surface area (Å²) in [5, 5.41) is 0.768. The molecule has 1 atom stereocenters. The van der Waals surface area contributed by atoms with Crippen molar-refractivity contribution in [2.24, 2.45) is 0 Å². The number of hydrogen-bond donors (Lipinski definition) is 0. The standard InChI is InChI=1S/C27H24O5/c1-3-19-13-15-20(16-14-19)25(28)18(2)31-27(29)26-23(17-30-21-9-5-4-6-10-21)22-11-7-8-12-24(22)32-26/h4-16,18H,3,17H2,1-2H3. The highest BCUT2D eigenvalue weighted by atomic mass is 16.6. The summed E-state index contributed by atoms with van der Waals surface area (Å²) in [5.41, 5.74) is 2.78. The topological polar surface area (TPSA) is 65.7 Å². The number of rotatable bonds is 8. The minimum Gasteiger partial charge on any atom is -0.489 e. The number of furan rings is 1. The van der Waals surface area contributed by atoms with Crippen LogP contribution < -0.4 is 4.74 Å². The Morgan fingerprint density at radius 2 is 1.59 bits per heavy atom. The molecule has 5 nitrogen and oxygen atoms in total.